The van der Waals surface area contributed by atoms with Gasteiger partial charge in [0.1, 0.15) is 0 Å². The fourth-order valence-corrected chi connectivity index (χ4v) is 7.18. The molecule has 0 N–H and O–H groups in total. The zero-order chi connectivity index (χ0) is 32.3. The molecule has 2 fully saturated rings. The molecule has 0 spiro atoms. The van der Waals surface area contributed by atoms with Crippen LogP contribution in [-0.2, 0) is 19.0 Å². The molecule has 264 valence electrons. The predicted molar refractivity (Wildman–Crippen MR) is 191 cm³/mol. The van der Waals surface area contributed by atoms with Crippen molar-refractivity contribution in [3.05, 3.63) is 11.6 Å². The Kier molecular flexibility index (Phi) is 24.3. The van der Waals surface area contributed by atoms with Crippen molar-refractivity contribution in [2.45, 2.75) is 244 Å². The van der Waals surface area contributed by atoms with Gasteiger partial charge in [-0.25, -0.2) is 4.79 Å². The van der Waals surface area contributed by atoms with Crippen LogP contribution in [-0.4, -0.2) is 24.2 Å². The molecule has 45 heavy (non-hydrogen) atoms. The first kappa shape index (κ1) is 40.3. The van der Waals surface area contributed by atoms with Gasteiger partial charge in [-0.1, -0.05) is 200 Å². The standard InChI is InChI=1S/C41H76O4/c1-4-6-8-10-12-14-16-18-20-22-23-25-27-29-31-33-35-37-39-41(3,45-40(37)42)44-38(43-39)36-34-32-30-28-26-24-21-19-17-15-13-11-9-7-5-2/h35,38-39H,4-34,36H2,1-3H3/b37-35+/t38-,39+,41-/m0/s1. The molecule has 3 atom stereocenters. The van der Waals surface area contributed by atoms with Crippen molar-refractivity contribution in [1.82, 2.24) is 0 Å². The number of ether oxygens (including phenoxy) is 3. The van der Waals surface area contributed by atoms with Crippen LogP contribution < -0.4 is 0 Å². The number of hydrogen-bond acceptors (Lipinski definition) is 4. The number of carbonyl (C=O) groups is 1. The van der Waals surface area contributed by atoms with E-state index in [0.717, 1.165) is 25.7 Å². The van der Waals surface area contributed by atoms with Gasteiger partial charge in [0.05, 0.1) is 5.57 Å². The number of fused-ring (bicyclic) bond motifs is 1. The van der Waals surface area contributed by atoms with Crippen LogP contribution in [0.5, 0.6) is 0 Å². The average Bonchev–Trinajstić information content (AvgIpc) is 3.46. The van der Waals surface area contributed by atoms with E-state index in [1.54, 1.807) is 0 Å². The highest BCUT2D eigenvalue weighted by Crippen LogP contribution is 2.42. The van der Waals surface area contributed by atoms with Crippen LogP contribution in [0.4, 0.5) is 0 Å². The lowest BCUT2D eigenvalue weighted by atomic mass is 10.0. The van der Waals surface area contributed by atoms with E-state index in [0.29, 0.717) is 5.57 Å². The summed E-state index contributed by atoms with van der Waals surface area (Å²) in [5, 5.41) is 0. The maximum Gasteiger partial charge on any atom is 0.339 e. The lowest BCUT2D eigenvalue weighted by Gasteiger charge is -2.19. The van der Waals surface area contributed by atoms with Gasteiger partial charge in [-0.15, -0.1) is 0 Å². The molecule has 2 aliphatic heterocycles. The molecule has 2 rings (SSSR count). The van der Waals surface area contributed by atoms with Gasteiger partial charge in [-0.05, 0) is 25.7 Å². The molecule has 0 aliphatic carbocycles. The van der Waals surface area contributed by atoms with E-state index in [-0.39, 0.29) is 18.4 Å². The third-order valence-electron chi connectivity index (χ3n) is 10.2. The molecule has 0 bridgehead atoms. The minimum absolute atomic E-state index is 0.256. The summed E-state index contributed by atoms with van der Waals surface area (Å²) in [6.45, 7) is 6.45. The largest absolute Gasteiger partial charge is 0.427 e. The van der Waals surface area contributed by atoms with Gasteiger partial charge in [0.25, 0.3) is 0 Å². The van der Waals surface area contributed by atoms with E-state index in [9.17, 15) is 4.79 Å². The van der Waals surface area contributed by atoms with Gasteiger partial charge in [0.2, 0.25) is 5.79 Å². The molecule has 0 aromatic carbocycles. The molecule has 0 radical (unpaired) electrons. The minimum Gasteiger partial charge on any atom is -0.427 e. The SMILES string of the molecule is CCCCCCCCCCCCCCCCC/C=C1/C(=O)O[C@]2(C)O[C@@H](CCCCCCCCCCCCCCCCC)O[C@H]12. The topological polar surface area (TPSA) is 44.8 Å². The Morgan fingerprint density at radius 1 is 0.533 bits per heavy atom. The second kappa shape index (κ2) is 27.1. The molecule has 4 heteroatoms. The summed E-state index contributed by atoms with van der Waals surface area (Å²) in [4.78, 5) is 12.5. The summed E-state index contributed by atoms with van der Waals surface area (Å²) >= 11 is 0. The number of unbranched alkanes of at least 4 members (excludes halogenated alkanes) is 29. The quantitative estimate of drug-likeness (QED) is 0.0420. The van der Waals surface area contributed by atoms with Crippen molar-refractivity contribution in [1.29, 1.82) is 0 Å². The van der Waals surface area contributed by atoms with E-state index in [1.165, 1.54) is 180 Å². The Bertz CT molecular complexity index is 733. The lowest BCUT2D eigenvalue weighted by molar-refractivity contribution is -0.206. The monoisotopic (exact) mass is 633 g/mol. The van der Waals surface area contributed by atoms with Gasteiger partial charge in [-0.3, -0.25) is 0 Å². The van der Waals surface area contributed by atoms with Crippen LogP contribution in [0.3, 0.4) is 0 Å². The Morgan fingerprint density at radius 3 is 1.29 bits per heavy atom. The molecule has 4 nitrogen and oxygen atoms in total. The maximum absolute atomic E-state index is 12.5. The van der Waals surface area contributed by atoms with Crippen LogP contribution in [0.2, 0.25) is 0 Å². The van der Waals surface area contributed by atoms with Gasteiger partial charge in [0, 0.05) is 6.92 Å². The van der Waals surface area contributed by atoms with Crippen molar-refractivity contribution >= 4 is 5.97 Å². The van der Waals surface area contributed by atoms with Crippen LogP contribution in [0.1, 0.15) is 226 Å². The van der Waals surface area contributed by atoms with E-state index >= 15 is 0 Å². The Hall–Kier alpha value is -0.870. The van der Waals surface area contributed by atoms with Crippen molar-refractivity contribution in [3.8, 4) is 0 Å². The summed E-state index contributed by atoms with van der Waals surface area (Å²) < 4.78 is 18.0. The fraction of sp³-hybridized carbons (Fsp3) is 0.927. The van der Waals surface area contributed by atoms with Crippen LogP contribution in [0, 0.1) is 0 Å². The predicted octanol–water partition coefficient (Wildman–Crippen LogP) is 13.5. The van der Waals surface area contributed by atoms with Crippen molar-refractivity contribution < 1.29 is 19.0 Å². The third-order valence-corrected chi connectivity index (χ3v) is 10.2. The highest BCUT2D eigenvalue weighted by molar-refractivity contribution is 5.92. The highest BCUT2D eigenvalue weighted by Gasteiger charge is 2.58. The average molecular weight is 633 g/mol. The minimum atomic E-state index is -0.946. The first-order chi connectivity index (χ1) is 22.1. The summed E-state index contributed by atoms with van der Waals surface area (Å²) in [6.07, 6.45) is 44.3. The summed E-state index contributed by atoms with van der Waals surface area (Å²) in [5.41, 5.74) is 0.682. The molecular weight excluding hydrogens is 556 g/mol. The van der Waals surface area contributed by atoms with E-state index in [4.69, 9.17) is 14.2 Å². The van der Waals surface area contributed by atoms with Crippen molar-refractivity contribution in [2.24, 2.45) is 0 Å². The Morgan fingerprint density at radius 2 is 0.889 bits per heavy atom. The lowest BCUT2D eigenvalue weighted by Crippen LogP contribution is -2.33. The first-order valence-corrected chi connectivity index (χ1v) is 20.4. The third kappa shape index (κ3) is 18.9. The van der Waals surface area contributed by atoms with Gasteiger partial charge in [-0.2, -0.15) is 0 Å². The second-order valence-electron chi connectivity index (χ2n) is 14.6. The van der Waals surface area contributed by atoms with Gasteiger partial charge < -0.3 is 14.2 Å². The van der Waals surface area contributed by atoms with Crippen molar-refractivity contribution in [3.63, 3.8) is 0 Å². The summed E-state index contributed by atoms with van der Waals surface area (Å²) in [6, 6.07) is 0. The smallest absolute Gasteiger partial charge is 0.339 e. The number of hydrogen-bond donors (Lipinski definition) is 0. The Labute approximate surface area is 280 Å². The molecule has 0 aromatic rings. The van der Waals surface area contributed by atoms with E-state index in [1.807, 2.05) is 6.92 Å². The fourth-order valence-electron chi connectivity index (χ4n) is 7.18. The summed E-state index contributed by atoms with van der Waals surface area (Å²) in [7, 11) is 0. The molecule has 0 amide bonds. The summed E-state index contributed by atoms with van der Waals surface area (Å²) in [5.74, 6) is -1.20. The number of allylic oxidation sites excluding steroid dienone is 1. The van der Waals surface area contributed by atoms with Crippen LogP contribution in [0.15, 0.2) is 11.6 Å². The van der Waals surface area contributed by atoms with Gasteiger partial charge >= 0.3 is 5.97 Å². The zero-order valence-corrected chi connectivity index (χ0v) is 30.5. The molecular formula is C41H76O4. The number of rotatable bonds is 32. The van der Waals surface area contributed by atoms with Crippen LogP contribution in [0.25, 0.3) is 0 Å². The van der Waals surface area contributed by atoms with E-state index in [2.05, 4.69) is 19.9 Å². The number of carbonyl (C=O) groups excluding carboxylic acids is 1. The normalized spacial score (nSPS) is 22.0. The zero-order valence-electron chi connectivity index (χ0n) is 30.5. The molecule has 2 heterocycles. The second-order valence-corrected chi connectivity index (χ2v) is 14.6. The Balaban J connectivity index is 1.42. The number of esters is 1. The molecule has 2 aliphatic rings. The van der Waals surface area contributed by atoms with Crippen LogP contribution >= 0.6 is 0 Å². The molecule has 0 aromatic heterocycles. The van der Waals surface area contributed by atoms with E-state index < -0.39 is 5.79 Å². The molecule has 0 saturated carbocycles. The molecule has 2 saturated heterocycles. The molecule has 0 unspecified atom stereocenters. The van der Waals surface area contributed by atoms with Crippen molar-refractivity contribution in [2.75, 3.05) is 0 Å². The van der Waals surface area contributed by atoms with Gasteiger partial charge in [0.15, 0.2) is 12.4 Å². The highest BCUT2D eigenvalue weighted by atomic mass is 16.8. The maximum atomic E-state index is 12.5. The first-order valence-electron chi connectivity index (χ1n) is 20.4.